The largest absolute Gasteiger partial charge is 0.481 e. The van der Waals surface area contributed by atoms with Crippen LogP contribution in [0.1, 0.15) is 24.8 Å². The summed E-state index contributed by atoms with van der Waals surface area (Å²) >= 11 is 0. The molecule has 1 aromatic heterocycles. The van der Waals surface area contributed by atoms with Crippen LogP contribution in [0.3, 0.4) is 0 Å². The SMILES string of the molecule is O=C(NCc1ccoc1)NC1CCCC1C(=O)O. The van der Waals surface area contributed by atoms with Crippen LogP contribution in [0.2, 0.25) is 0 Å². The molecule has 0 bridgehead atoms. The lowest BCUT2D eigenvalue weighted by Gasteiger charge is -2.17. The standard InChI is InChI=1S/C12H16N2O4/c15-11(16)9-2-1-3-10(9)14-12(17)13-6-8-4-5-18-7-8/h4-5,7,9-10H,1-3,6H2,(H,15,16)(H2,13,14,17). The molecule has 2 amide bonds. The van der Waals surface area contributed by atoms with Crippen LogP contribution in [-0.4, -0.2) is 23.1 Å². The van der Waals surface area contributed by atoms with Crippen molar-refractivity contribution in [3.8, 4) is 0 Å². The molecule has 0 aromatic carbocycles. The van der Waals surface area contributed by atoms with Crippen molar-refractivity contribution < 1.29 is 19.1 Å². The fraction of sp³-hybridized carbons (Fsp3) is 0.500. The van der Waals surface area contributed by atoms with Gasteiger partial charge in [-0.2, -0.15) is 0 Å². The van der Waals surface area contributed by atoms with Gasteiger partial charge in [-0.15, -0.1) is 0 Å². The first-order valence-corrected chi connectivity index (χ1v) is 5.95. The highest BCUT2D eigenvalue weighted by molar-refractivity contribution is 5.77. The molecule has 6 heteroatoms. The Morgan fingerprint density at radius 1 is 1.44 bits per heavy atom. The molecule has 1 fully saturated rings. The van der Waals surface area contributed by atoms with Gasteiger partial charge in [0.25, 0.3) is 0 Å². The van der Waals surface area contributed by atoms with E-state index < -0.39 is 11.9 Å². The van der Waals surface area contributed by atoms with Crippen molar-refractivity contribution in [2.75, 3.05) is 0 Å². The van der Waals surface area contributed by atoms with Gasteiger partial charge in [0.1, 0.15) is 0 Å². The maximum atomic E-state index is 11.6. The van der Waals surface area contributed by atoms with Gasteiger partial charge in [-0.25, -0.2) is 4.79 Å². The van der Waals surface area contributed by atoms with E-state index in [1.165, 1.54) is 6.26 Å². The van der Waals surface area contributed by atoms with E-state index in [4.69, 9.17) is 9.52 Å². The van der Waals surface area contributed by atoms with Gasteiger partial charge in [-0.05, 0) is 18.9 Å². The third-order valence-electron chi connectivity index (χ3n) is 3.18. The number of furan rings is 1. The van der Waals surface area contributed by atoms with Crippen LogP contribution in [0.4, 0.5) is 4.79 Å². The molecule has 3 N–H and O–H groups in total. The summed E-state index contributed by atoms with van der Waals surface area (Å²) in [5.74, 6) is -1.31. The molecular formula is C12H16N2O4. The highest BCUT2D eigenvalue weighted by Crippen LogP contribution is 2.25. The van der Waals surface area contributed by atoms with E-state index in [9.17, 15) is 9.59 Å². The number of nitrogens with one attached hydrogen (secondary N) is 2. The van der Waals surface area contributed by atoms with Gasteiger partial charge in [0, 0.05) is 18.2 Å². The third-order valence-corrected chi connectivity index (χ3v) is 3.18. The molecule has 0 aliphatic heterocycles. The van der Waals surface area contributed by atoms with Gasteiger partial charge in [0.2, 0.25) is 0 Å². The van der Waals surface area contributed by atoms with Crippen molar-refractivity contribution >= 4 is 12.0 Å². The van der Waals surface area contributed by atoms with Crippen LogP contribution in [0.25, 0.3) is 0 Å². The molecule has 1 saturated carbocycles. The van der Waals surface area contributed by atoms with Gasteiger partial charge >= 0.3 is 12.0 Å². The summed E-state index contributed by atoms with van der Waals surface area (Å²) in [5, 5.41) is 14.4. The third kappa shape index (κ3) is 3.03. The van der Waals surface area contributed by atoms with Crippen molar-refractivity contribution in [1.29, 1.82) is 0 Å². The van der Waals surface area contributed by atoms with E-state index in [2.05, 4.69) is 10.6 Å². The fourth-order valence-electron chi connectivity index (χ4n) is 2.22. The zero-order chi connectivity index (χ0) is 13.0. The van der Waals surface area contributed by atoms with E-state index >= 15 is 0 Å². The second-order valence-electron chi connectivity index (χ2n) is 4.44. The van der Waals surface area contributed by atoms with Crippen molar-refractivity contribution in [1.82, 2.24) is 10.6 Å². The predicted molar refractivity (Wildman–Crippen MR) is 62.8 cm³/mol. The first-order valence-electron chi connectivity index (χ1n) is 5.95. The molecule has 18 heavy (non-hydrogen) atoms. The number of amides is 2. The Morgan fingerprint density at radius 2 is 2.28 bits per heavy atom. The van der Waals surface area contributed by atoms with Crippen LogP contribution in [0, 0.1) is 5.92 Å². The van der Waals surface area contributed by atoms with Crippen LogP contribution in [-0.2, 0) is 11.3 Å². The summed E-state index contributed by atoms with van der Waals surface area (Å²) in [7, 11) is 0. The van der Waals surface area contributed by atoms with E-state index in [0.717, 1.165) is 18.4 Å². The van der Waals surface area contributed by atoms with E-state index in [1.54, 1.807) is 12.3 Å². The minimum Gasteiger partial charge on any atom is -0.481 e. The maximum absolute atomic E-state index is 11.6. The lowest BCUT2D eigenvalue weighted by Crippen LogP contribution is -2.45. The summed E-state index contributed by atoms with van der Waals surface area (Å²) in [5.41, 5.74) is 0.867. The lowest BCUT2D eigenvalue weighted by molar-refractivity contribution is -0.142. The average Bonchev–Trinajstić information content (AvgIpc) is 2.96. The van der Waals surface area contributed by atoms with Gasteiger partial charge in [-0.1, -0.05) is 6.42 Å². The van der Waals surface area contributed by atoms with Crippen molar-refractivity contribution in [3.05, 3.63) is 24.2 Å². The highest BCUT2D eigenvalue weighted by atomic mass is 16.4. The first kappa shape index (κ1) is 12.5. The highest BCUT2D eigenvalue weighted by Gasteiger charge is 2.33. The number of carboxylic acid groups (broad SMARTS) is 1. The Balaban J connectivity index is 1.78. The monoisotopic (exact) mass is 252 g/mol. The quantitative estimate of drug-likeness (QED) is 0.753. The minimum atomic E-state index is -0.840. The van der Waals surface area contributed by atoms with Crippen molar-refractivity contribution in [3.63, 3.8) is 0 Å². The molecule has 2 rings (SSSR count). The predicted octanol–water partition coefficient (Wildman–Crippen LogP) is 1.33. The number of hydrogen-bond donors (Lipinski definition) is 3. The Morgan fingerprint density at radius 3 is 2.94 bits per heavy atom. The number of rotatable bonds is 4. The molecule has 2 atom stereocenters. The second kappa shape index (κ2) is 5.57. The second-order valence-corrected chi connectivity index (χ2v) is 4.44. The zero-order valence-electron chi connectivity index (χ0n) is 9.89. The molecule has 6 nitrogen and oxygen atoms in total. The van der Waals surface area contributed by atoms with E-state index in [1.807, 2.05) is 0 Å². The summed E-state index contributed by atoms with van der Waals surface area (Å²) in [6, 6.07) is 1.15. The van der Waals surface area contributed by atoms with Crippen LogP contribution in [0.15, 0.2) is 23.0 Å². The van der Waals surface area contributed by atoms with Crippen molar-refractivity contribution in [2.45, 2.75) is 31.8 Å². The Labute approximate surface area is 104 Å². The van der Waals surface area contributed by atoms with Gasteiger partial charge in [0.05, 0.1) is 18.4 Å². The first-order chi connectivity index (χ1) is 8.66. The van der Waals surface area contributed by atoms with Gasteiger partial charge < -0.3 is 20.2 Å². The summed E-state index contributed by atoms with van der Waals surface area (Å²) < 4.78 is 4.88. The maximum Gasteiger partial charge on any atom is 0.315 e. The van der Waals surface area contributed by atoms with Gasteiger partial charge in [0.15, 0.2) is 0 Å². The molecule has 0 radical (unpaired) electrons. The van der Waals surface area contributed by atoms with Crippen LogP contribution < -0.4 is 10.6 Å². The number of carbonyl (C=O) groups is 2. The molecule has 2 unspecified atom stereocenters. The summed E-state index contributed by atoms with van der Waals surface area (Å²) in [4.78, 5) is 22.6. The van der Waals surface area contributed by atoms with Gasteiger partial charge in [-0.3, -0.25) is 4.79 Å². The molecule has 1 aliphatic rings. The number of urea groups is 1. The van der Waals surface area contributed by atoms with Crippen LogP contribution >= 0.6 is 0 Å². The number of aliphatic carboxylic acids is 1. The van der Waals surface area contributed by atoms with Crippen molar-refractivity contribution in [2.24, 2.45) is 5.92 Å². The number of hydrogen-bond acceptors (Lipinski definition) is 3. The molecule has 0 spiro atoms. The average molecular weight is 252 g/mol. The number of carbonyl (C=O) groups excluding carboxylic acids is 1. The Bertz CT molecular complexity index is 416. The van der Waals surface area contributed by atoms with E-state index in [0.29, 0.717) is 13.0 Å². The normalized spacial score (nSPS) is 22.7. The molecule has 1 aliphatic carbocycles. The van der Waals surface area contributed by atoms with E-state index in [-0.39, 0.29) is 12.1 Å². The summed E-state index contributed by atoms with van der Waals surface area (Å²) in [6.45, 7) is 0.368. The molecule has 1 heterocycles. The topological polar surface area (TPSA) is 91.6 Å². The zero-order valence-corrected chi connectivity index (χ0v) is 9.89. The Kier molecular flexibility index (Phi) is 3.86. The molecule has 0 saturated heterocycles. The Hall–Kier alpha value is -1.98. The molecule has 1 aromatic rings. The molecule has 98 valence electrons. The molecular weight excluding hydrogens is 236 g/mol. The smallest absolute Gasteiger partial charge is 0.315 e. The summed E-state index contributed by atoms with van der Waals surface area (Å²) in [6.07, 6.45) is 5.27. The number of carboxylic acids is 1. The van der Waals surface area contributed by atoms with Crippen LogP contribution in [0.5, 0.6) is 0 Å². The lowest BCUT2D eigenvalue weighted by atomic mass is 10.0. The minimum absolute atomic E-state index is 0.271. The fourth-order valence-corrected chi connectivity index (χ4v) is 2.22.